The molecule has 0 unspecified atom stereocenters. The van der Waals surface area contributed by atoms with Crippen LogP contribution in [0.1, 0.15) is 18.2 Å². The van der Waals surface area contributed by atoms with Crippen LogP contribution in [-0.2, 0) is 17.6 Å². The second-order valence-electron chi connectivity index (χ2n) is 6.23. The molecule has 0 aliphatic heterocycles. The predicted molar refractivity (Wildman–Crippen MR) is 112 cm³/mol. The first kappa shape index (κ1) is 19.9. The number of nitrogens with zero attached hydrogens (tertiary/aromatic N) is 1. The van der Waals surface area contributed by atoms with Crippen LogP contribution < -0.4 is 14.8 Å². The summed E-state index contributed by atoms with van der Waals surface area (Å²) in [5, 5.41) is 5.80. The van der Waals surface area contributed by atoms with Crippen LogP contribution in [0, 0.1) is 0 Å². The first-order valence-electron chi connectivity index (χ1n) is 9.25. The Balaban J connectivity index is 1.47. The van der Waals surface area contributed by atoms with Crippen molar-refractivity contribution < 1.29 is 14.3 Å². The summed E-state index contributed by atoms with van der Waals surface area (Å²) in [6, 6.07) is 15.7. The van der Waals surface area contributed by atoms with Gasteiger partial charge in [0.25, 0.3) is 0 Å². The number of rotatable bonds is 9. The van der Waals surface area contributed by atoms with Crippen LogP contribution in [0.15, 0.2) is 53.9 Å². The number of amides is 1. The monoisotopic (exact) mass is 396 g/mol. The molecule has 0 radical (unpaired) electrons. The summed E-state index contributed by atoms with van der Waals surface area (Å²) >= 11 is 1.54. The van der Waals surface area contributed by atoms with Crippen LogP contribution in [0.5, 0.6) is 11.5 Å². The molecule has 3 aromatic rings. The van der Waals surface area contributed by atoms with Gasteiger partial charge in [0.1, 0.15) is 16.5 Å². The Kier molecular flexibility index (Phi) is 7.03. The van der Waals surface area contributed by atoms with Gasteiger partial charge in [0.05, 0.1) is 25.8 Å². The fourth-order valence-corrected chi connectivity index (χ4v) is 3.57. The number of methoxy groups -OCH3 is 1. The molecule has 28 heavy (non-hydrogen) atoms. The largest absolute Gasteiger partial charge is 0.497 e. The minimum Gasteiger partial charge on any atom is -0.497 e. The van der Waals surface area contributed by atoms with Crippen molar-refractivity contribution in [2.45, 2.75) is 19.8 Å². The minimum absolute atomic E-state index is 0.0166. The van der Waals surface area contributed by atoms with Crippen LogP contribution >= 0.6 is 11.3 Å². The van der Waals surface area contributed by atoms with Gasteiger partial charge >= 0.3 is 0 Å². The Morgan fingerprint density at radius 3 is 2.46 bits per heavy atom. The zero-order valence-corrected chi connectivity index (χ0v) is 16.9. The predicted octanol–water partition coefficient (Wildman–Crippen LogP) is 4.12. The highest BCUT2D eigenvalue weighted by Crippen LogP contribution is 2.26. The third-order valence-corrected chi connectivity index (χ3v) is 5.14. The third kappa shape index (κ3) is 5.57. The highest BCUT2D eigenvalue weighted by molar-refractivity contribution is 7.13. The number of carbonyl (C=O) groups excluding carboxylic acids is 1. The molecule has 146 valence electrons. The van der Waals surface area contributed by atoms with Crippen molar-refractivity contribution in [3.63, 3.8) is 0 Å². The second kappa shape index (κ2) is 9.90. The fraction of sp³-hybridized carbons (Fsp3) is 0.273. The summed E-state index contributed by atoms with van der Waals surface area (Å²) in [6.07, 6.45) is 1.07. The van der Waals surface area contributed by atoms with E-state index in [9.17, 15) is 4.79 Å². The number of nitrogens with one attached hydrogen (secondary N) is 1. The van der Waals surface area contributed by atoms with E-state index in [0.717, 1.165) is 39.7 Å². The van der Waals surface area contributed by atoms with Gasteiger partial charge in [-0.15, -0.1) is 11.3 Å². The standard InChI is InChI=1S/C22H24N2O3S/c1-3-27-20-10-6-17(7-11-20)22-24-18(15-28-22)14-21(25)23-13-12-16-4-8-19(26-2)9-5-16/h4-11,15H,3,12-14H2,1-2H3,(H,23,25). The summed E-state index contributed by atoms with van der Waals surface area (Å²) in [5.74, 6) is 1.66. The minimum atomic E-state index is -0.0166. The molecule has 5 nitrogen and oxygen atoms in total. The zero-order chi connectivity index (χ0) is 19.8. The summed E-state index contributed by atoms with van der Waals surface area (Å²) in [5.41, 5.74) is 2.97. The number of carbonyl (C=O) groups is 1. The maximum absolute atomic E-state index is 12.2. The van der Waals surface area contributed by atoms with Crippen LogP contribution in [-0.4, -0.2) is 31.2 Å². The van der Waals surface area contributed by atoms with E-state index in [1.165, 1.54) is 0 Å². The number of ether oxygens (including phenoxy) is 2. The maximum atomic E-state index is 12.2. The Hall–Kier alpha value is -2.86. The van der Waals surface area contributed by atoms with E-state index in [1.807, 2.05) is 60.8 Å². The van der Waals surface area contributed by atoms with E-state index in [0.29, 0.717) is 13.2 Å². The number of aromatic nitrogens is 1. The molecule has 0 saturated carbocycles. The lowest BCUT2D eigenvalue weighted by atomic mass is 10.1. The Labute approximate surface area is 169 Å². The van der Waals surface area contributed by atoms with Crippen molar-refractivity contribution in [2.75, 3.05) is 20.3 Å². The van der Waals surface area contributed by atoms with Gasteiger partial charge in [-0.25, -0.2) is 4.98 Å². The molecule has 1 N–H and O–H groups in total. The topological polar surface area (TPSA) is 60.5 Å². The Morgan fingerprint density at radius 2 is 1.79 bits per heavy atom. The SMILES string of the molecule is CCOc1ccc(-c2nc(CC(=O)NCCc3ccc(OC)cc3)cs2)cc1. The first-order valence-corrected chi connectivity index (χ1v) is 10.1. The van der Waals surface area contributed by atoms with Crippen LogP contribution in [0.4, 0.5) is 0 Å². The van der Waals surface area contributed by atoms with E-state index >= 15 is 0 Å². The van der Waals surface area contributed by atoms with Gasteiger partial charge in [-0.2, -0.15) is 0 Å². The van der Waals surface area contributed by atoms with Gasteiger partial charge in [0, 0.05) is 17.5 Å². The molecule has 6 heteroatoms. The second-order valence-corrected chi connectivity index (χ2v) is 7.08. The van der Waals surface area contributed by atoms with Gasteiger partial charge < -0.3 is 14.8 Å². The molecular formula is C22H24N2O3S. The van der Waals surface area contributed by atoms with Gasteiger partial charge in [-0.1, -0.05) is 12.1 Å². The van der Waals surface area contributed by atoms with Gasteiger partial charge in [0.15, 0.2) is 0 Å². The van der Waals surface area contributed by atoms with Gasteiger partial charge in [0.2, 0.25) is 5.91 Å². The average Bonchev–Trinajstić information content (AvgIpc) is 3.18. The molecule has 0 saturated heterocycles. The molecule has 0 aliphatic carbocycles. The lowest BCUT2D eigenvalue weighted by Crippen LogP contribution is -2.27. The van der Waals surface area contributed by atoms with Crippen molar-refractivity contribution in [2.24, 2.45) is 0 Å². The molecular weight excluding hydrogens is 372 g/mol. The van der Waals surface area contributed by atoms with E-state index in [1.54, 1.807) is 18.4 Å². The molecule has 0 fully saturated rings. The first-order chi connectivity index (χ1) is 13.7. The molecule has 0 aliphatic rings. The van der Waals surface area contributed by atoms with E-state index in [2.05, 4.69) is 10.3 Å². The molecule has 1 amide bonds. The van der Waals surface area contributed by atoms with Crippen molar-refractivity contribution >= 4 is 17.2 Å². The third-order valence-electron chi connectivity index (χ3n) is 4.20. The highest BCUT2D eigenvalue weighted by Gasteiger charge is 2.09. The zero-order valence-electron chi connectivity index (χ0n) is 16.1. The molecule has 1 heterocycles. The number of hydrogen-bond donors (Lipinski definition) is 1. The number of benzene rings is 2. The molecule has 0 atom stereocenters. The lowest BCUT2D eigenvalue weighted by Gasteiger charge is -2.05. The van der Waals surface area contributed by atoms with Crippen molar-refractivity contribution in [1.82, 2.24) is 10.3 Å². The number of thiazole rings is 1. The molecule has 0 spiro atoms. The summed E-state index contributed by atoms with van der Waals surface area (Å²) in [7, 11) is 1.65. The Bertz CT molecular complexity index is 889. The van der Waals surface area contributed by atoms with Crippen molar-refractivity contribution in [1.29, 1.82) is 0 Å². The van der Waals surface area contributed by atoms with Gasteiger partial charge in [-0.05, 0) is 55.3 Å². The molecule has 1 aromatic heterocycles. The molecule has 0 bridgehead atoms. The van der Waals surface area contributed by atoms with Crippen LogP contribution in [0.25, 0.3) is 10.6 Å². The smallest absolute Gasteiger partial charge is 0.226 e. The molecule has 2 aromatic carbocycles. The molecule has 3 rings (SSSR count). The van der Waals surface area contributed by atoms with Crippen LogP contribution in [0.2, 0.25) is 0 Å². The van der Waals surface area contributed by atoms with E-state index in [-0.39, 0.29) is 12.3 Å². The van der Waals surface area contributed by atoms with E-state index < -0.39 is 0 Å². The van der Waals surface area contributed by atoms with Gasteiger partial charge in [-0.3, -0.25) is 4.79 Å². The summed E-state index contributed by atoms with van der Waals surface area (Å²) < 4.78 is 10.6. The maximum Gasteiger partial charge on any atom is 0.226 e. The summed E-state index contributed by atoms with van der Waals surface area (Å²) in [6.45, 7) is 3.21. The lowest BCUT2D eigenvalue weighted by molar-refractivity contribution is -0.120. The highest BCUT2D eigenvalue weighted by atomic mass is 32.1. The average molecular weight is 397 g/mol. The van der Waals surface area contributed by atoms with E-state index in [4.69, 9.17) is 9.47 Å². The van der Waals surface area contributed by atoms with Crippen molar-refractivity contribution in [3.8, 4) is 22.1 Å². The normalized spacial score (nSPS) is 10.5. The van der Waals surface area contributed by atoms with Crippen molar-refractivity contribution in [3.05, 3.63) is 65.2 Å². The Morgan fingerprint density at radius 1 is 1.07 bits per heavy atom. The quantitative estimate of drug-likeness (QED) is 0.591. The fourth-order valence-electron chi connectivity index (χ4n) is 2.75. The van der Waals surface area contributed by atoms with Crippen LogP contribution in [0.3, 0.4) is 0 Å². The summed E-state index contributed by atoms with van der Waals surface area (Å²) in [4.78, 5) is 16.8. The number of hydrogen-bond acceptors (Lipinski definition) is 5.